The molecule has 1 aliphatic carbocycles. The van der Waals surface area contributed by atoms with Crippen molar-refractivity contribution in [2.24, 2.45) is 0 Å². The summed E-state index contributed by atoms with van der Waals surface area (Å²) in [6.45, 7) is 8.90. The third-order valence-corrected chi connectivity index (χ3v) is 3.58. The van der Waals surface area contributed by atoms with Crippen LogP contribution in [-0.2, 0) is 0 Å². The van der Waals surface area contributed by atoms with Crippen LogP contribution < -0.4 is 10.1 Å². The number of benzene rings is 1. The van der Waals surface area contributed by atoms with Crippen molar-refractivity contribution in [1.29, 1.82) is 0 Å². The van der Waals surface area contributed by atoms with E-state index < -0.39 is 0 Å². The molecule has 0 amide bonds. The van der Waals surface area contributed by atoms with Crippen LogP contribution in [0.25, 0.3) is 0 Å². The van der Waals surface area contributed by atoms with Gasteiger partial charge in [0.25, 0.3) is 0 Å². The second-order valence-electron chi connectivity index (χ2n) is 5.78. The van der Waals surface area contributed by atoms with Gasteiger partial charge in [0.2, 0.25) is 0 Å². The van der Waals surface area contributed by atoms with Gasteiger partial charge < -0.3 is 10.1 Å². The molecule has 0 aromatic heterocycles. The first-order valence-corrected chi connectivity index (χ1v) is 7.09. The highest BCUT2D eigenvalue weighted by molar-refractivity contribution is 5.30. The summed E-state index contributed by atoms with van der Waals surface area (Å²) >= 11 is 0. The van der Waals surface area contributed by atoms with Crippen LogP contribution in [0.3, 0.4) is 0 Å². The quantitative estimate of drug-likeness (QED) is 0.827. The molecule has 2 nitrogen and oxygen atoms in total. The number of nitrogens with one attached hydrogen (secondary N) is 1. The zero-order chi connectivity index (χ0) is 13.1. The molecule has 2 heteroatoms. The van der Waals surface area contributed by atoms with Gasteiger partial charge in [-0.1, -0.05) is 32.9 Å². The molecule has 1 N–H and O–H groups in total. The molecule has 1 aromatic rings. The van der Waals surface area contributed by atoms with Gasteiger partial charge in [-0.3, -0.25) is 0 Å². The normalized spacial score (nSPS) is 18.7. The summed E-state index contributed by atoms with van der Waals surface area (Å²) < 4.78 is 5.77. The molecule has 2 rings (SSSR count). The topological polar surface area (TPSA) is 21.3 Å². The zero-order valence-corrected chi connectivity index (χ0v) is 11.9. The monoisotopic (exact) mass is 247 g/mol. The molecule has 1 fully saturated rings. The molecule has 2 atom stereocenters. The molecule has 1 aliphatic rings. The van der Waals surface area contributed by atoms with Crippen molar-refractivity contribution in [3.8, 4) is 5.75 Å². The van der Waals surface area contributed by atoms with Gasteiger partial charge in [0.05, 0.1) is 6.10 Å². The molecular formula is C16H25NO. The summed E-state index contributed by atoms with van der Waals surface area (Å²) in [7, 11) is 0. The van der Waals surface area contributed by atoms with Crippen molar-refractivity contribution in [3.05, 3.63) is 29.8 Å². The lowest BCUT2D eigenvalue weighted by atomic mass is 9.94. The van der Waals surface area contributed by atoms with Gasteiger partial charge in [-0.25, -0.2) is 0 Å². The van der Waals surface area contributed by atoms with E-state index in [9.17, 15) is 0 Å². The largest absolute Gasteiger partial charge is 0.490 e. The van der Waals surface area contributed by atoms with Crippen LogP contribution in [0.15, 0.2) is 24.3 Å². The lowest BCUT2D eigenvalue weighted by Crippen LogP contribution is -2.36. The summed E-state index contributed by atoms with van der Waals surface area (Å²) in [5, 5.41) is 3.57. The lowest BCUT2D eigenvalue weighted by molar-refractivity contribution is 0.303. The van der Waals surface area contributed by atoms with Crippen molar-refractivity contribution in [2.45, 2.75) is 64.6 Å². The second kappa shape index (κ2) is 5.75. The van der Waals surface area contributed by atoms with E-state index in [1.54, 1.807) is 0 Å². The Hall–Kier alpha value is -1.02. The van der Waals surface area contributed by atoms with Gasteiger partial charge in [0.1, 0.15) is 5.75 Å². The van der Waals surface area contributed by atoms with Crippen molar-refractivity contribution in [2.75, 3.05) is 0 Å². The standard InChI is InChI=1S/C16H25NO/c1-11(2)17-13(4)12(3)14-5-7-15(8-6-14)18-16-9-10-16/h5-8,11-13,16-17H,9-10H2,1-4H3. The SMILES string of the molecule is CC(C)NC(C)C(C)c1ccc(OC2CC2)cc1. The summed E-state index contributed by atoms with van der Waals surface area (Å²) in [5.41, 5.74) is 1.37. The van der Waals surface area contributed by atoms with E-state index in [1.807, 2.05) is 0 Å². The highest BCUT2D eigenvalue weighted by atomic mass is 16.5. The summed E-state index contributed by atoms with van der Waals surface area (Å²) in [4.78, 5) is 0. The van der Waals surface area contributed by atoms with Gasteiger partial charge in [-0.2, -0.15) is 0 Å². The van der Waals surface area contributed by atoms with E-state index in [0.717, 1.165) is 5.75 Å². The number of rotatable bonds is 6. The average Bonchev–Trinajstić information content (AvgIpc) is 3.12. The highest BCUT2D eigenvalue weighted by Gasteiger charge is 2.23. The van der Waals surface area contributed by atoms with E-state index in [1.165, 1.54) is 18.4 Å². The fraction of sp³-hybridized carbons (Fsp3) is 0.625. The summed E-state index contributed by atoms with van der Waals surface area (Å²) in [6.07, 6.45) is 2.91. The first-order valence-electron chi connectivity index (χ1n) is 7.09. The molecule has 100 valence electrons. The van der Waals surface area contributed by atoms with Crippen LogP contribution in [0.5, 0.6) is 5.75 Å². The molecule has 0 heterocycles. The predicted octanol–water partition coefficient (Wildman–Crippen LogP) is 3.72. The van der Waals surface area contributed by atoms with Gasteiger partial charge in [-0.05, 0) is 43.4 Å². The van der Waals surface area contributed by atoms with Crippen molar-refractivity contribution in [3.63, 3.8) is 0 Å². The molecule has 0 aliphatic heterocycles. The zero-order valence-electron chi connectivity index (χ0n) is 11.9. The fourth-order valence-electron chi connectivity index (χ4n) is 2.19. The number of ether oxygens (including phenoxy) is 1. The summed E-state index contributed by atoms with van der Waals surface area (Å²) in [5.74, 6) is 1.53. The molecule has 1 saturated carbocycles. The minimum atomic E-state index is 0.481. The second-order valence-corrected chi connectivity index (χ2v) is 5.78. The molecule has 0 spiro atoms. The minimum absolute atomic E-state index is 0.481. The maximum atomic E-state index is 5.77. The van der Waals surface area contributed by atoms with Crippen LogP contribution >= 0.6 is 0 Å². The Balaban J connectivity index is 1.94. The van der Waals surface area contributed by atoms with E-state index >= 15 is 0 Å². The number of hydrogen-bond acceptors (Lipinski definition) is 2. The van der Waals surface area contributed by atoms with Crippen LogP contribution in [0.4, 0.5) is 0 Å². The van der Waals surface area contributed by atoms with Crippen LogP contribution in [0, 0.1) is 0 Å². The molecule has 2 unspecified atom stereocenters. The Morgan fingerprint density at radius 3 is 2.17 bits per heavy atom. The van der Waals surface area contributed by atoms with E-state index in [2.05, 4.69) is 57.3 Å². The third kappa shape index (κ3) is 3.74. The highest BCUT2D eigenvalue weighted by Crippen LogP contribution is 2.28. The van der Waals surface area contributed by atoms with E-state index in [-0.39, 0.29) is 0 Å². The lowest BCUT2D eigenvalue weighted by Gasteiger charge is -2.24. The van der Waals surface area contributed by atoms with Crippen molar-refractivity contribution in [1.82, 2.24) is 5.32 Å². The molecular weight excluding hydrogens is 222 g/mol. The van der Waals surface area contributed by atoms with Gasteiger partial charge >= 0.3 is 0 Å². The first-order chi connectivity index (χ1) is 8.56. The Kier molecular flexibility index (Phi) is 4.28. The Bertz CT molecular complexity index is 367. The molecule has 0 bridgehead atoms. The fourth-order valence-corrected chi connectivity index (χ4v) is 2.19. The maximum absolute atomic E-state index is 5.77. The van der Waals surface area contributed by atoms with E-state index in [4.69, 9.17) is 4.74 Å². The molecule has 0 radical (unpaired) electrons. The maximum Gasteiger partial charge on any atom is 0.119 e. The van der Waals surface area contributed by atoms with Crippen LogP contribution in [0.1, 0.15) is 52.0 Å². The third-order valence-electron chi connectivity index (χ3n) is 3.58. The average molecular weight is 247 g/mol. The molecule has 1 aromatic carbocycles. The smallest absolute Gasteiger partial charge is 0.119 e. The Labute approximate surface area is 111 Å². The first kappa shape index (κ1) is 13.4. The van der Waals surface area contributed by atoms with E-state index in [0.29, 0.717) is 24.1 Å². The van der Waals surface area contributed by atoms with Gasteiger partial charge in [-0.15, -0.1) is 0 Å². The van der Waals surface area contributed by atoms with Crippen molar-refractivity contribution < 1.29 is 4.74 Å². The van der Waals surface area contributed by atoms with Gasteiger partial charge in [0.15, 0.2) is 0 Å². The van der Waals surface area contributed by atoms with Crippen LogP contribution in [-0.4, -0.2) is 18.2 Å². The minimum Gasteiger partial charge on any atom is -0.490 e. The Morgan fingerprint density at radius 2 is 1.67 bits per heavy atom. The predicted molar refractivity (Wildman–Crippen MR) is 76.2 cm³/mol. The molecule has 0 saturated heterocycles. The molecule has 18 heavy (non-hydrogen) atoms. The number of hydrogen-bond donors (Lipinski definition) is 1. The summed E-state index contributed by atoms with van der Waals surface area (Å²) in [6, 6.07) is 9.61. The van der Waals surface area contributed by atoms with Crippen LogP contribution in [0.2, 0.25) is 0 Å². The van der Waals surface area contributed by atoms with Crippen molar-refractivity contribution >= 4 is 0 Å². The Morgan fingerprint density at radius 1 is 1.06 bits per heavy atom. The van der Waals surface area contributed by atoms with Gasteiger partial charge in [0, 0.05) is 12.1 Å².